The molecule has 17 nitrogen and oxygen atoms in total. The number of alkyl carbamates (subject to hydrolysis) is 1. The van der Waals surface area contributed by atoms with Gasteiger partial charge in [0.15, 0.2) is 0 Å². The Balaban J connectivity index is 1.65. The summed E-state index contributed by atoms with van der Waals surface area (Å²) in [7, 11) is 0. The Labute approximate surface area is 311 Å². The van der Waals surface area contributed by atoms with E-state index in [1.54, 1.807) is 0 Å². The van der Waals surface area contributed by atoms with E-state index in [0.29, 0.717) is 30.5 Å². The predicted octanol–water partition coefficient (Wildman–Crippen LogP) is 4.61. The van der Waals surface area contributed by atoms with Gasteiger partial charge in [0.25, 0.3) is 11.4 Å². The van der Waals surface area contributed by atoms with Gasteiger partial charge in [-0.15, -0.1) is 0 Å². The van der Waals surface area contributed by atoms with Crippen LogP contribution in [0.15, 0.2) is 48.5 Å². The topological polar surface area (TPSA) is 230 Å². The monoisotopic (exact) mass is 760 g/mol. The Bertz CT molecular complexity index is 1550. The summed E-state index contributed by atoms with van der Waals surface area (Å²) in [5.74, 6) is -0.557. The number of amides is 2. The molecule has 290 valence electrons. The molecule has 6 unspecified atom stereocenters. The highest BCUT2D eigenvalue weighted by Gasteiger charge is 2.33. The van der Waals surface area contributed by atoms with Gasteiger partial charge in [0.2, 0.25) is 5.91 Å². The minimum absolute atomic E-state index is 0.0432. The number of ether oxygens (including phenoxy) is 3. The van der Waals surface area contributed by atoms with Crippen molar-refractivity contribution in [1.29, 1.82) is 0 Å². The van der Waals surface area contributed by atoms with Crippen LogP contribution in [0.5, 0.6) is 0 Å². The molecule has 1 saturated heterocycles. The molecule has 0 saturated carbocycles. The number of nitro groups is 2. The van der Waals surface area contributed by atoms with Crippen LogP contribution < -0.4 is 21.3 Å². The van der Waals surface area contributed by atoms with Gasteiger partial charge in [-0.2, -0.15) is 0 Å². The zero-order chi connectivity index (χ0) is 38.9. The lowest BCUT2D eigenvalue weighted by atomic mass is 9.95. The number of nitro benzene ring substituents is 2. The summed E-state index contributed by atoms with van der Waals surface area (Å²) in [6.07, 6.45) is 1.16. The largest absolute Gasteiger partial charge is 0.464 e. The van der Waals surface area contributed by atoms with Crippen LogP contribution in [0.2, 0.25) is 0 Å². The van der Waals surface area contributed by atoms with Crippen molar-refractivity contribution in [3.05, 3.63) is 79.9 Å². The van der Waals surface area contributed by atoms with E-state index in [1.165, 1.54) is 48.5 Å². The zero-order valence-electron chi connectivity index (χ0n) is 30.2. The Hall–Kier alpha value is -4.81. The summed E-state index contributed by atoms with van der Waals surface area (Å²) in [6.45, 7) is 8.62. The highest BCUT2D eigenvalue weighted by molar-refractivity contribution is 8.13. The van der Waals surface area contributed by atoms with Gasteiger partial charge in [0.05, 0.1) is 28.5 Å². The average molecular weight is 761 g/mol. The van der Waals surface area contributed by atoms with Gasteiger partial charge in [-0.3, -0.25) is 25.0 Å². The second-order valence-electron chi connectivity index (χ2n) is 12.8. The number of thioether (sulfide) groups is 1. The summed E-state index contributed by atoms with van der Waals surface area (Å²) < 4.78 is 15.7. The molecule has 0 bridgehead atoms. The number of non-ortho nitro benzene ring substituents is 2. The SMILES string of the molecule is CCC(C)C(CNC(C(=O)NC1CCOC1=O)C(C)CC)NCC(CSC(=O)OCc1ccc([N+](=O)[O-])cc1)NC(=O)OCc1ccc([N+](=O)[O-])cc1. The van der Waals surface area contributed by atoms with Crippen LogP contribution in [0.3, 0.4) is 0 Å². The quantitative estimate of drug-likeness (QED) is 0.0590. The number of hydrogen-bond donors (Lipinski definition) is 4. The molecule has 2 aromatic carbocycles. The first-order chi connectivity index (χ1) is 25.3. The standard InChI is InChI=1S/C35H48N6O11S/c1-5-22(3)30(18-37-31(23(4)6-2)32(42)39-29-15-16-50-33(29)43)36-17-26(38-34(44)51-19-24-7-11-27(12-8-24)40(46)47)21-53-35(45)52-20-25-9-13-28(14-10-25)41(48)49/h7-14,22-23,26,29-31,36-37H,5-6,15-21H2,1-4H3,(H,38,44)(H,39,42). The second kappa shape index (κ2) is 21.7. The number of carbonyl (C=O) groups is 4. The Morgan fingerprint density at radius 3 is 1.94 bits per heavy atom. The van der Waals surface area contributed by atoms with Gasteiger partial charge >= 0.3 is 17.4 Å². The van der Waals surface area contributed by atoms with Crippen molar-refractivity contribution in [3.8, 4) is 0 Å². The van der Waals surface area contributed by atoms with E-state index < -0.39 is 45.3 Å². The molecule has 0 aliphatic carbocycles. The molecule has 18 heteroatoms. The molecule has 1 fully saturated rings. The molecule has 3 rings (SSSR count). The normalized spacial score (nSPS) is 16.7. The van der Waals surface area contributed by atoms with E-state index >= 15 is 0 Å². The molecule has 4 N–H and O–H groups in total. The summed E-state index contributed by atoms with van der Waals surface area (Å²) >= 11 is 0.833. The third kappa shape index (κ3) is 14.3. The number of esters is 1. The van der Waals surface area contributed by atoms with E-state index in [2.05, 4.69) is 28.2 Å². The number of benzene rings is 2. The first kappa shape index (κ1) is 42.6. The molecule has 2 amide bonds. The number of rotatable bonds is 21. The highest BCUT2D eigenvalue weighted by Crippen LogP contribution is 2.17. The van der Waals surface area contributed by atoms with E-state index in [0.717, 1.165) is 18.2 Å². The van der Waals surface area contributed by atoms with Crippen LogP contribution in [0.25, 0.3) is 0 Å². The van der Waals surface area contributed by atoms with E-state index in [1.807, 2.05) is 20.8 Å². The minimum atomic E-state index is -0.771. The summed E-state index contributed by atoms with van der Waals surface area (Å²) in [6, 6.07) is 9.14. The van der Waals surface area contributed by atoms with Crippen molar-refractivity contribution in [1.82, 2.24) is 21.3 Å². The van der Waals surface area contributed by atoms with Gasteiger partial charge in [-0.25, -0.2) is 14.4 Å². The molecule has 6 atom stereocenters. The highest BCUT2D eigenvalue weighted by atomic mass is 32.2. The Morgan fingerprint density at radius 1 is 0.868 bits per heavy atom. The lowest BCUT2D eigenvalue weighted by Gasteiger charge is -2.31. The minimum Gasteiger partial charge on any atom is -0.464 e. The predicted molar refractivity (Wildman–Crippen MR) is 196 cm³/mol. The lowest BCUT2D eigenvalue weighted by molar-refractivity contribution is -0.385. The molecule has 0 spiro atoms. The van der Waals surface area contributed by atoms with Crippen molar-refractivity contribution in [2.45, 2.75) is 84.3 Å². The maximum absolute atomic E-state index is 13.3. The van der Waals surface area contributed by atoms with Crippen molar-refractivity contribution >= 4 is 46.4 Å². The number of nitrogens with zero attached hydrogens (tertiary/aromatic N) is 2. The molecule has 2 aromatic rings. The first-order valence-corrected chi connectivity index (χ1v) is 18.4. The van der Waals surface area contributed by atoms with E-state index in [9.17, 15) is 39.4 Å². The average Bonchev–Trinajstić information content (AvgIpc) is 3.56. The van der Waals surface area contributed by atoms with Crippen LogP contribution in [-0.2, 0) is 37.0 Å². The van der Waals surface area contributed by atoms with Gasteiger partial charge in [0.1, 0.15) is 19.3 Å². The summed E-state index contributed by atoms with van der Waals surface area (Å²) in [4.78, 5) is 71.7. The maximum Gasteiger partial charge on any atom is 0.407 e. The van der Waals surface area contributed by atoms with Crippen molar-refractivity contribution < 1.29 is 43.2 Å². The molecule has 1 aliphatic heterocycles. The molecule has 1 aliphatic rings. The fourth-order valence-corrected chi connectivity index (χ4v) is 5.95. The van der Waals surface area contributed by atoms with Crippen LogP contribution >= 0.6 is 11.8 Å². The number of nitrogens with one attached hydrogen (secondary N) is 4. The van der Waals surface area contributed by atoms with Gasteiger partial charge in [-0.1, -0.05) is 40.5 Å². The van der Waals surface area contributed by atoms with Crippen molar-refractivity contribution in [3.63, 3.8) is 0 Å². The Kier molecular flexibility index (Phi) is 17.4. The summed E-state index contributed by atoms with van der Waals surface area (Å²) in [5.41, 5.74) is 0.919. The molecule has 53 heavy (non-hydrogen) atoms. The molecular weight excluding hydrogens is 712 g/mol. The van der Waals surface area contributed by atoms with Gasteiger partial charge in [0, 0.05) is 55.6 Å². The third-order valence-electron chi connectivity index (χ3n) is 9.01. The molecular formula is C35H48N6O11S. The Morgan fingerprint density at radius 2 is 1.43 bits per heavy atom. The zero-order valence-corrected chi connectivity index (χ0v) is 31.1. The summed E-state index contributed by atoms with van der Waals surface area (Å²) in [5, 5.41) is 33.7. The first-order valence-electron chi connectivity index (χ1n) is 17.4. The molecule has 0 radical (unpaired) electrons. The van der Waals surface area contributed by atoms with Crippen molar-refractivity contribution in [2.75, 3.05) is 25.4 Å². The van der Waals surface area contributed by atoms with E-state index in [-0.39, 0.29) is 67.3 Å². The number of hydrogen-bond acceptors (Lipinski definition) is 14. The third-order valence-corrected chi connectivity index (χ3v) is 9.93. The molecule has 1 heterocycles. The maximum atomic E-state index is 13.3. The van der Waals surface area contributed by atoms with Gasteiger partial charge < -0.3 is 35.5 Å². The van der Waals surface area contributed by atoms with Crippen LogP contribution in [-0.4, -0.2) is 82.7 Å². The van der Waals surface area contributed by atoms with Gasteiger partial charge in [-0.05, 0) is 59.0 Å². The fourth-order valence-electron chi connectivity index (χ4n) is 5.27. The second-order valence-corrected chi connectivity index (χ2v) is 13.8. The molecule has 0 aromatic heterocycles. The number of carbonyl (C=O) groups excluding carboxylic acids is 4. The number of cyclic esters (lactones) is 1. The van der Waals surface area contributed by atoms with Crippen LogP contribution in [0.4, 0.5) is 21.0 Å². The smallest absolute Gasteiger partial charge is 0.407 e. The van der Waals surface area contributed by atoms with Crippen molar-refractivity contribution in [2.24, 2.45) is 11.8 Å². The fraction of sp³-hybridized carbons (Fsp3) is 0.543. The lowest BCUT2D eigenvalue weighted by Crippen LogP contribution is -2.56. The van der Waals surface area contributed by atoms with Crippen LogP contribution in [0.1, 0.15) is 58.1 Å². The van der Waals surface area contributed by atoms with E-state index in [4.69, 9.17) is 14.2 Å². The van der Waals surface area contributed by atoms with Crippen LogP contribution in [0, 0.1) is 32.1 Å².